The molecule has 2 heterocycles. The third kappa shape index (κ3) is 4.47. The minimum absolute atomic E-state index is 0.114. The molecule has 2 amide bonds. The molecule has 1 aromatic heterocycles. The van der Waals surface area contributed by atoms with Crippen LogP contribution in [0, 0.1) is 0 Å². The second-order valence-electron chi connectivity index (χ2n) is 5.64. The van der Waals surface area contributed by atoms with Crippen molar-refractivity contribution in [2.24, 2.45) is 0 Å². The van der Waals surface area contributed by atoms with Crippen molar-refractivity contribution in [1.29, 1.82) is 0 Å². The number of amides is 2. The Morgan fingerprint density at radius 2 is 2.00 bits per heavy atom. The van der Waals surface area contributed by atoms with Gasteiger partial charge >= 0.3 is 6.03 Å². The summed E-state index contributed by atoms with van der Waals surface area (Å²) in [6.07, 6.45) is 1.81. The van der Waals surface area contributed by atoms with E-state index >= 15 is 0 Å². The summed E-state index contributed by atoms with van der Waals surface area (Å²) in [4.78, 5) is 20.8. The molecule has 1 N–H and O–H groups in total. The predicted molar refractivity (Wildman–Crippen MR) is 99.3 cm³/mol. The number of urea groups is 1. The molecule has 0 atom stereocenters. The molecule has 126 valence electrons. The average molecular weight is 410 g/mol. The van der Waals surface area contributed by atoms with E-state index in [0.29, 0.717) is 23.8 Å². The van der Waals surface area contributed by atoms with Crippen LogP contribution in [0.25, 0.3) is 0 Å². The number of nitrogens with zero attached hydrogens (tertiary/aromatic N) is 3. The number of hydrogen-bond acceptors (Lipinski definition) is 3. The van der Waals surface area contributed by atoms with Crippen molar-refractivity contribution in [2.45, 2.75) is 6.54 Å². The van der Waals surface area contributed by atoms with Crippen LogP contribution in [0.2, 0.25) is 5.02 Å². The lowest BCUT2D eigenvalue weighted by Crippen LogP contribution is -2.49. The Hall–Kier alpha value is -1.63. The van der Waals surface area contributed by atoms with E-state index in [4.69, 9.17) is 11.6 Å². The maximum atomic E-state index is 12.4. The Kier molecular flexibility index (Phi) is 5.71. The Morgan fingerprint density at radius 1 is 1.21 bits per heavy atom. The van der Waals surface area contributed by atoms with Gasteiger partial charge in [0.15, 0.2) is 0 Å². The summed E-state index contributed by atoms with van der Waals surface area (Å²) in [6, 6.07) is 11.2. The van der Waals surface area contributed by atoms with Crippen molar-refractivity contribution in [3.05, 3.63) is 57.8 Å². The van der Waals surface area contributed by atoms with Crippen molar-refractivity contribution in [3.8, 4) is 0 Å². The molecule has 1 saturated heterocycles. The van der Waals surface area contributed by atoms with Gasteiger partial charge in [-0.05, 0) is 30.3 Å². The molecular formula is C17H18BrClN4O. The van der Waals surface area contributed by atoms with Gasteiger partial charge < -0.3 is 10.2 Å². The lowest BCUT2D eigenvalue weighted by atomic mass is 10.2. The second kappa shape index (κ2) is 7.96. The summed E-state index contributed by atoms with van der Waals surface area (Å²) >= 11 is 9.50. The lowest BCUT2D eigenvalue weighted by Gasteiger charge is -2.34. The number of piperazine rings is 1. The second-order valence-corrected chi connectivity index (χ2v) is 6.96. The molecular weight excluding hydrogens is 392 g/mol. The van der Waals surface area contributed by atoms with Gasteiger partial charge in [0.25, 0.3) is 0 Å². The summed E-state index contributed by atoms with van der Waals surface area (Å²) in [5.41, 5.74) is 1.68. The summed E-state index contributed by atoms with van der Waals surface area (Å²) in [5.74, 6) is 0. The Bertz CT molecular complexity index is 705. The largest absolute Gasteiger partial charge is 0.322 e. The van der Waals surface area contributed by atoms with Crippen LogP contribution < -0.4 is 5.32 Å². The molecule has 0 radical (unpaired) electrons. The van der Waals surface area contributed by atoms with Gasteiger partial charge in [-0.15, -0.1) is 0 Å². The number of rotatable bonds is 3. The highest BCUT2D eigenvalue weighted by Crippen LogP contribution is 2.26. The number of pyridine rings is 1. The maximum absolute atomic E-state index is 12.4. The highest BCUT2D eigenvalue weighted by atomic mass is 79.9. The van der Waals surface area contributed by atoms with Gasteiger partial charge in [0.1, 0.15) is 0 Å². The van der Waals surface area contributed by atoms with Crippen LogP contribution in [0.4, 0.5) is 10.5 Å². The van der Waals surface area contributed by atoms with Gasteiger partial charge in [0, 0.05) is 43.4 Å². The third-order valence-electron chi connectivity index (χ3n) is 3.94. The topological polar surface area (TPSA) is 48.5 Å². The quantitative estimate of drug-likeness (QED) is 0.838. The SMILES string of the molecule is O=C(Nc1ccc(Br)cc1Cl)N1CCN(Cc2ccccn2)CC1. The van der Waals surface area contributed by atoms with E-state index in [1.165, 1.54) is 0 Å². The average Bonchev–Trinajstić information content (AvgIpc) is 2.59. The molecule has 0 unspecified atom stereocenters. The van der Waals surface area contributed by atoms with Crippen molar-refractivity contribution >= 4 is 39.2 Å². The van der Waals surface area contributed by atoms with E-state index in [2.05, 4.69) is 31.1 Å². The zero-order chi connectivity index (χ0) is 16.9. The van der Waals surface area contributed by atoms with Gasteiger partial charge in [-0.3, -0.25) is 9.88 Å². The smallest absolute Gasteiger partial charge is 0.321 e. The summed E-state index contributed by atoms with van der Waals surface area (Å²) in [5, 5.41) is 3.39. The number of anilines is 1. The van der Waals surface area contributed by atoms with Crippen LogP contribution in [-0.2, 0) is 6.54 Å². The number of carbonyl (C=O) groups excluding carboxylic acids is 1. The number of halogens is 2. The van der Waals surface area contributed by atoms with E-state index < -0.39 is 0 Å². The Morgan fingerprint density at radius 3 is 2.67 bits per heavy atom. The normalized spacial score (nSPS) is 15.3. The molecule has 1 fully saturated rings. The van der Waals surface area contributed by atoms with Crippen LogP contribution in [-0.4, -0.2) is 47.0 Å². The molecule has 7 heteroatoms. The number of carbonyl (C=O) groups is 1. The number of hydrogen-bond donors (Lipinski definition) is 1. The van der Waals surface area contributed by atoms with Crippen molar-refractivity contribution in [1.82, 2.24) is 14.8 Å². The number of nitrogens with one attached hydrogen (secondary N) is 1. The van der Waals surface area contributed by atoms with E-state index in [-0.39, 0.29) is 6.03 Å². The molecule has 1 aromatic carbocycles. The van der Waals surface area contributed by atoms with Crippen molar-refractivity contribution < 1.29 is 4.79 Å². The first-order valence-electron chi connectivity index (χ1n) is 7.75. The molecule has 0 saturated carbocycles. The van der Waals surface area contributed by atoms with E-state index in [1.807, 2.05) is 29.2 Å². The molecule has 5 nitrogen and oxygen atoms in total. The molecule has 0 spiro atoms. The standard InChI is InChI=1S/C17H18BrClN4O/c18-13-4-5-16(15(19)11-13)21-17(24)23-9-7-22(8-10-23)12-14-3-1-2-6-20-14/h1-6,11H,7-10,12H2,(H,21,24). The van der Waals surface area contributed by atoms with Gasteiger partial charge in [0.2, 0.25) is 0 Å². The first-order chi connectivity index (χ1) is 11.6. The minimum atomic E-state index is -0.114. The van der Waals surface area contributed by atoms with Crippen LogP contribution >= 0.6 is 27.5 Å². The summed E-state index contributed by atoms with van der Waals surface area (Å²) < 4.78 is 0.883. The first-order valence-corrected chi connectivity index (χ1v) is 8.92. The van der Waals surface area contributed by atoms with Gasteiger partial charge in [0.05, 0.1) is 16.4 Å². The van der Waals surface area contributed by atoms with Crippen molar-refractivity contribution in [3.63, 3.8) is 0 Å². The minimum Gasteiger partial charge on any atom is -0.322 e. The predicted octanol–water partition coefficient (Wildman–Crippen LogP) is 3.85. The first kappa shape index (κ1) is 17.2. The van der Waals surface area contributed by atoms with Crippen LogP contribution in [0.5, 0.6) is 0 Å². The number of benzene rings is 1. The summed E-state index contributed by atoms with van der Waals surface area (Å²) in [7, 11) is 0. The highest BCUT2D eigenvalue weighted by molar-refractivity contribution is 9.10. The van der Waals surface area contributed by atoms with Gasteiger partial charge in [-0.25, -0.2) is 4.79 Å². The van der Waals surface area contributed by atoms with Gasteiger partial charge in [-0.2, -0.15) is 0 Å². The lowest BCUT2D eigenvalue weighted by molar-refractivity contribution is 0.142. The fourth-order valence-electron chi connectivity index (χ4n) is 2.61. The molecule has 0 aliphatic carbocycles. The molecule has 1 aliphatic heterocycles. The Labute approximate surface area is 154 Å². The van der Waals surface area contributed by atoms with Crippen molar-refractivity contribution in [2.75, 3.05) is 31.5 Å². The maximum Gasteiger partial charge on any atom is 0.321 e. The van der Waals surface area contributed by atoms with E-state index in [1.54, 1.807) is 18.3 Å². The zero-order valence-corrected chi connectivity index (χ0v) is 15.4. The molecule has 1 aliphatic rings. The molecule has 0 bridgehead atoms. The van der Waals surface area contributed by atoms with Crippen LogP contribution in [0.3, 0.4) is 0 Å². The molecule has 2 aromatic rings. The summed E-state index contributed by atoms with van der Waals surface area (Å²) in [6.45, 7) is 3.85. The van der Waals surface area contributed by atoms with E-state index in [9.17, 15) is 4.79 Å². The monoisotopic (exact) mass is 408 g/mol. The third-order valence-corrected chi connectivity index (χ3v) is 4.75. The number of aromatic nitrogens is 1. The zero-order valence-electron chi connectivity index (χ0n) is 13.1. The highest BCUT2D eigenvalue weighted by Gasteiger charge is 2.21. The van der Waals surface area contributed by atoms with Crippen LogP contribution in [0.1, 0.15) is 5.69 Å². The Balaban J connectivity index is 1.51. The fourth-order valence-corrected chi connectivity index (χ4v) is 3.34. The molecule has 3 rings (SSSR count). The van der Waals surface area contributed by atoms with Crippen LogP contribution in [0.15, 0.2) is 47.1 Å². The van der Waals surface area contributed by atoms with Gasteiger partial charge in [-0.1, -0.05) is 33.6 Å². The van der Waals surface area contributed by atoms with E-state index in [0.717, 1.165) is 29.8 Å². The molecule has 24 heavy (non-hydrogen) atoms. The fraction of sp³-hybridized carbons (Fsp3) is 0.294.